The third kappa shape index (κ3) is 2.83. The topological polar surface area (TPSA) is 46.6 Å². The van der Waals surface area contributed by atoms with Crippen molar-refractivity contribution < 1.29 is 14.3 Å². The number of imide groups is 1. The lowest BCUT2D eigenvalue weighted by molar-refractivity contribution is -0.137. The average molecular weight is 303 g/mol. The van der Waals surface area contributed by atoms with Gasteiger partial charge in [-0.2, -0.15) is 0 Å². The van der Waals surface area contributed by atoms with Gasteiger partial charge in [-0.05, 0) is 35.8 Å². The normalized spacial score (nSPS) is 20.0. The average Bonchev–Trinajstić information content (AvgIpc) is 2.83. The molecule has 1 aromatic rings. The predicted molar refractivity (Wildman–Crippen MR) is 82.3 cm³/mol. The number of rotatable bonds is 3. The molecule has 2 heterocycles. The van der Waals surface area contributed by atoms with Crippen molar-refractivity contribution in [2.24, 2.45) is 0 Å². The van der Waals surface area contributed by atoms with E-state index in [4.69, 9.17) is 4.74 Å². The smallest absolute Gasteiger partial charge is 0.229 e. The molecule has 4 nitrogen and oxygen atoms in total. The number of benzene rings is 1. The Labute approximate surface area is 128 Å². The van der Waals surface area contributed by atoms with Crippen LogP contribution in [-0.2, 0) is 9.59 Å². The fraction of sp³-hybridized carbons (Fsp3) is 0.375. The number of hydrogen-bond donors (Lipinski definition) is 0. The zero-order valence-electron chi connectivity index (χ0n) is 11.9. The van der Waals surface area contributed by atoms with Crippen LogP contribution >= 0.6 is 11.8 Å². The summed E-state index contributed by atoms with van der Waals surface area (Å²) in [6.45, 7) is 0.392. The minimum Gasteiger partial charge on any atom is -0.497 e. The Morgan fingerprint density at radius 2 is 2.00 bits per heavy atom. The lowest BCUT2D eigenvalue weighted by atomic mass is 10.0. The van der Waals surface area contributed by atoms with E-state index in [0.717, 1.165) is 17.9 Å². The minimum atomic E-state index is -0.0583. The van der Waals surface area contributed by atoms with Crippen LogP contribution in [-0.4, -0.2) is 36.1 Å². The first-order valence-corrected chi connectivity index (χ1v) is 8.01. The summed E-state index contributed by atoms with van der Waals surface area (Å²) in [5, 5.41) is 0. The molecule has 1 fully saturated rings. The molecule has 110 valence electrons. The van der Waals surface area contributed by atoms with Crippen LogP contribution in [0.5, 0.6) is 5.75 Å². The number of thioether (sulfide) groups is 1. The number of allylic oxidation sites excluding steroid dienone is 1. The van der Waals surface area contributed by atoms with Crippen molar-refractivity contribution in [3.05, 3.63) is 29.8 Å². The highest BCUT2D eigenvalue weighted by Gasteiger charge is 2.28. The van der Waals surface area contributed by atoms with Crippen molar-refractivity contribution >= 4 is 29.1 Å². The molecule has 2 aliphatic heterocycles. The molecule has 0 aromatic heterocycles. The van der Waals surface area contributed by atoms with E-state index in [1.807, 2.05) is 30.0 Å². The molecule has 0 N–H and O–H groups in total. The van der Waals surface area contributed by atoms with Crippen LogP contribution in [0.2, 0.25) is 0 Å². The highest BCUT2D eigenvalue weighted by molar-refractivity contribution is 7.99. The monoisotopic (exact) mass is 303 g/mol. The molecule has 0 radical (unpaired) electrons. The molecule has 0 aliphatic carbocycles. The van der Waals surface area contributed by atoms with Gasteiger partial charge >= 0.3 is 0 Å². The summed E-state index contributed by atoms with van der Waals surface area (Å²) in [6, 6.07) is 6.05. The van der Waals surface area contributed by atoms with E-state index in [2.05, 4.69) is 6.07 Å². The highest BCUT2D eigenvalue weighted by Crippen LogP contribution is 2.38. The van der Waals surface area contributed by atoms with E-state index in [0.29, 0.717) is 19.4 Å². The largest absolute Gasteiger partial charge is 0.497 e. The van der Waals surface area contributed by atoms with Gasteiger partial charge in [-0.15, -0.1) is 11.8 Å². The summed E-state index contributed by atoms with van der Waals surface area (Å²) >= 11 is 1.81. The first-order chi connectivity index (χ1) is 10.2. The summed E-state index contributed by atoms with van der Waals surface area (Å²) in [5.41, 5.74) is 2.39. The van der Waals surface area contributed by atoms with Gasteiger partial charge in [-0.25, -0.2) is 0 Å². The fourth-order valence-corrected chi connectivity index (χ4v) is 3.76. The second kappa shape index (κ2) is 5.93. The molecule has 5 heteroatoms. The Bertz CT molecular complexity index is 608. The van der Waals surface area contributed by atoms with Gasteiger partial charge in [0.25, 0.3) is 0 Å². The summed E-state index contributed by atoms with van der Waals surface area (Å²) in [7, 11) is 1.66. The molecular weight excluding hydrogens is 286 g/mol. The summed E-state index contributed by atoms with van der Waals surface area (Å²) in [5.74, 6) is 1.75. The zero-order chi connectivity index (χ0) is 14.8. The molecule has 3 rings (SSSR count). The van der Waals surface area contributed by atoms with Gasteiger partial charge in [0.15, 0.2) is 0 Å². The lowest BCUT2D eigenvalue weighted by Gasteiger charge is -2.20. The van der Waals surface area contributed by atoms with Gasteiger partial charge in [-0.1, -0.05) is 6.08 Å². The number of carbonyl (C=O) groups excluding carboxylic acids is 2. The maximum atomic E-state index is 11.6. The van der Waals surface area contributed by atoms with Crippen LogP contribution in [0.4, 0.5) is 0 Å². The van der Waals surface area contributed by atoms with Crippen molar-refractivity contribution in [2.45, 2.75) is 24.2 Å². The summed E-state index contributed by atoms with van der Waals surface area (Å²) in [4.78, 5) is 25.8. The van der Waals surface area contributed by atoms with Crippen LogP contribution in [0.15, 0.2) is 29.2 Å². The van der Waals surface area contributed by atoms with Crippen LogP contribution in [0.1, 0.15) is 24.8 Å². The highest BCUT2D eigenvalue weighted by atomic mass is 32.2. The van der Waals surface area contributed by atoms with E-state index in [9.17, 15) is 9.59 Å². The molecule has 1 saturated heterocycles. The Morgan fingerprint density at radius 3 is 2.71 bits per heavy atom. The Kier molecular flexibility index (Phi) is 4.01. The van der Waals surface area contributed by atoms with Crippen LogP contribution in [0.3, 0.4) is 0 Å². The number of methoxy groups -OCH3 is 1. The van der Waals surface area contributed by atoms with Gasteiger partial charge in [0.2, 0.25) is 11.8 Å². The third-order valence-corrected chi connectivity index (χ3v) is 4.90. The van der Waals surface area contributed by atoms with Crippen molar-refractivity contribution in [3.8, 4) is 5.75 Å². The van der Waals surface area contributed by atoms with Gasteiger partial charge in [0.1, 0.15) is 5.75 Å². The van der Waals surface area contributed by atoms with Crippen molar-refractivity contribution in [1.82, 2.24) is 4.90 Å². The molecule has 0 unspecified atom stereocenters. The first-order valence-electron chi connectivity index (χ1n) is 7.02. The van der Waals surface area contributed by atoms with Crippen LogP contribution in [0.25, 0.3) is 5.57 Å². The van der Waals surface area contributed by atoms with E-state index in [-0.39, 0.29) is 11.8 Å². The van der Waals surface area contributed by atoms with E-state index in [1.165, 1.54) is 20.9 Å². The number of fused-ring (bicyclic) bond motifs is 1. The Balaban J connectivity index is 1.83. The molecule has 21 heavy (non-hydrogen) atoms. The third-order valence-electron chi connectivity index (χ3n) is 3.84. The van der Waals surface area contributed by atoms with E-state index >= 15 is 0 Å². The maximum Gasteiger partial charge on any atom is 0.229 e. The van der Waals surface area contributed by atoms with Crippen LogP contribution < -0.4 is 4.74 Å². The van der Waals surface area contributed by atoms with Gasteiger partial charge in [0.05, 0.1) is 7.11 Å². The number of ether oxygens (including phenoxy) is 1. The molecule has 0 atom stereocenters. The number of hydrogen-bond acceptors (Lipinski definition) is 4. The van der Waals surface area contributed by atoms with E-state index in [1.54, 1.807) is 7.11 Å². The Hall–Kier alpha value is -1.75. The predicted octanol–water partition coefficient (Wildman–Crippen LogP) is 2.72. The molecular formula is C16H17NO3S. The molecule has 2 aliphatic rings. The van der Waals surface area contributed by atoms with Crippen LogP contribution in [0, 0.1) is 0 Å². The SMILES string of the molecule is COc1ccc2c(c1)SCC/C2=C/CN1C(=O)CCC1=O. The fourth-order valence-electron chi connectivity index (χ4n) is 2.66. The number of likely N-dealkylation sites (tertiary alicyclic amines) is 1. The summed E-state index contributed by atoms with van der Waals surface area (Å²) < 4.78 is 5.25. The van der Waals surface area contributed by atoms with E-state index < -0.39 is 0 Å². The van der Waals surface area contributed by atoms with Crippen molar-refractivity contribution in [3.63, 3.8) is 0 Å². The zero-order valence-corrected chi connectivity index (χ0v) is 12.7. The Morgan fingerprint density at radius 1 is 1.24 bits per heavy atom. The maximum absolute atomic E-state index is 11.6. The van der Waals surface area contributed by atoms with Gasteiger partial charge < -0.3 is 4.74 Å². The quantitative estimate of drug-likeness (QED) is 0.806. The van der Waals surface area contributed by atoms with Crippen molar-refractivity contribution in [1.29, 1.82) is 0 Å². The number of carbonyl (C=O) groups is 2. The second-order valence-electron chi connectivity index (χ2n) is 5.09. The molecule has 0 bridgehead atoms. The molecule has 0 spiro atoms. The van der Waals surface area contributed by atoms with Crippen molar-refractivity contribution in [2.75, 3.05) is 19.4 Å². The number of amides is 2. The van der Waals surface area contributed by atoms with Gasteiger partial charge in [-0.3, -0.25) is 14.5 Å². The number of nitrogens with zero attached hydrogens (tertiary/aromatic N) is 1. The second-order valence-corrected chi connectivity index (χ2v) is 6.22. The lowest BCUT2D eigenvalue weighted by Crippen LogP contribution is -2.29. The minimum absolute atomic E-state index is 0.0583. The molecule has 1 aromatic carbocycles. The summed E-state index contributed by atoms with van der Waals surface area (Å²) in [6.07, 6.45) is 3.68. The standard InChI is InChI=1S/C16H17NO3S/c1-20-12-2-3-13-11(7-9-21-14(13)10-12)6-8-17-15(18)4-5-16(17)19/h2-3,6,10H,4-5,7-9H2,1H3/b11-6-. The molecule has 2 amide bonds. The van der Waals surface area contributed by atoms with Gasteiger partial charge in [0, 0.05) is 30.0 Å². The molecule has 0 saturated carbocycles. The first kappa shape index (κ1) is 14.2.